The summed E-state index contributed by atoms with van der Waals surface area (Å²) in [5, 5.41) is 16.0. The van der Waals surface area contributed by atoms with Gasteiger partial charge in [-0.2, -0.15) is 9.38 Å². The second kappa shape index (κ2) is 5.74. The van der Waals surface area contributed by atoms with E-state index in [2.05, 4.69) is 20.3 Å². The molecule has 24 heavy (non-hydrogen) atoms. The molecule has 4 heterocycles. The number of pyridine rings is 1. The number of nitrogens with zero attached hydrogens (tertiary/aromatic N) is 6. The van der Waals surface area contributed by atoms with E-state index in [1.165, 1.54) is 15.7 Å². The predicted molar refractivity (Wildman–Crippen MR) is 88.4 cm³/mol. The van der Waals surface area contributed by atoms with E-state index in [0.29, 0.717) is 11.5 Å². The van der Waals surface area contributed by atoms with Gasteiger partial charge in [0.15, 0.2) is 0 Å². The van der Waals surface area contributed by atoms with Gasteiger partial charge in [0.25, 0.3) is 4.96 Å². The molecule has 4 aromatic rings. The summed E-state index contributed by atoms with van der Waals surface area (Å²) in [6, 6.07) is 3.76. The summed E-state index contributed by atoms with van der Waals surface area (Å²) < 4.78 is 3.26. The Balaban J connectivity index is 1.54. The van der Waals surface area contributed by atoms with Crippen molar-refractivity contribution in [2.24, 2.45) is 0 Å². The maximum absolute atomic E-state index is 11.3. The zero-order chi connectivity index (χ0) is 16.5. The SMILES string of the molecule is O=[N+]([O-])c1c(NCc2ccc(-n3ccnc3)nc2)nc2sccn12. The molecule has 1 N–H and O–H groups in total. The van der Waals surface area contributed by atoms with Gasteiger partial charge in [0.05, 0.1) is 0 Å². The van der Waals surface area contributed by atoms with Crippen LogP contribution in [0.4, 0.5) is 11.6 Å². The van der Waals surface area contributed by atoms with Crippen LogP contribution in [0, 0.1) is 10.1 Å². The molecule has 0 bridgehead atoms. The van der Waals surface area contributed by atoms with Crippen molar-refractivity contribution in [3.63, 3.8) is 0 Å². The zero-order valence-electron chi connectivity index (χ0n) is 12.2. The minimum atomic E-state index is -0.435. The first-order valence-electron chi connectivity index (χ1n) is 6.99. The highest BCUT2D eigenvalue weighted by Gasteiger charge is 2.23. The molecule has 0 radical (unpaired) electrons. The standard InChI is InChI=1S/C14H11N7O2S/c22-21(23)13-12(18-14-20(13)5-6-24-14)17-8-10-1-2-11(16-7-10)19-4-3-15-9-19/h1-7,9,17H,8H2. The van der Waals surface area contributed by atoms with Gasteiger partial charge in [-0.15, -0.1) is 0 Å². The Kier molecular flexibility index (Phi) is 3.43. The van der Waals surface area contributed by atoms with Crippen LogP contribution in [0.1, 0.15) is 5.56 Å². The number of fused-ring (bicyclic) bond motifs is 1. The summed E-state index contributed by atoms with van der Waals surface area (Å²) in [6.07, 6.45) is 8.51. The molecule has 4 aromatic heterocycles. The predicted octanol–water partition coefficient (Wildman–Crippen LogP) is 2.50. The Morgan fingerprint density at radius 1 is 1.33 bits per heavy atom. The number of imidazole rings is 2. The lowest BCUT2D eigenvalue weighted by Crippen LogP contribution is -2.04. The topological polar surface area (TPSA) is 103 Å². The van der Waals surface area contributed by atoms with Crippen molar-refractivity contribution in [1.29, 1.82) is 0 Å². The van der Waals surface area contributed by atoms with Crippen molar-refractivity contribution in [3.05, 3.63) is 64.3 Å². The van der Waals surface area contributed by atoms with Crippen LogP contribution in [0.3, 0.4) is 0 Å². The molecule has 0 saturated heterocycles. The van der Waals surface area contributed by atoms with Crippen molar-refractivity contribution >= 4 is 27.9 Å². The van der Waals surface area contributed by atoms with Gasteiger partial charge in [-0.3, -0.25) is 4.57 Å². The Hall–Kier alpha value is -3.27. The van der Waals surface area contributed by atoms with E-state index in [1.807, 2.05) is 12.1 Å². The number of hydrogen-bond donors (Lipinski definition) is 1. The largest absolute Gasteiger partial charge is 0.372 e. The molecule has 120 valence electrons. The maximum Gasteiger partial charge on any atom is 0.372 e. The fourth-order valence-corrected chi connectivity index (χ4v) is 3.03. The molecule has 0 unspecified atom stereocenters. The third-order valence-corrected chi connectivity index (χ3v) is 4.20. The molecule has 0 spiro atoms. The Morgan fingerprint density at radius 2 is 2.25 bits per heavy atom. The minimum Gasteiger partial charge on any atom is -0.359 e. The lowest BCUT2D eigenvalue weighted by Gasteiger charge is -2.05. The normalized spacial score (nSPS) is 11.0. The number of nitro groups is 1. The van der Waals surface area contributed by atoms with E-state index in [1.54, 1.807) is 41.1 Å². The van der Waals surface area contributed by atoms with Gasteiger partial charge >= 0.3 is 5.82 Å². The van der Waals surface area contributed by atoms with Crippen molar-refractivity contribution in [3.8, 4) is 5.82 Å². The van der Waals surface area contributed by atoms with Crippen molar-refractivity contribution < 1.29 is 4.92 Å². The van der Waals surface area contributed by atoms with Gasteiger partial charge in [0.2, 0.25) is 5.82 Å². The Labute approximate surface area is 139 Å². The number of rotatable bonds is 5. The van der Waals surface area contributed by atoms with Crippen molar-refractivity contribution in [2.45, 2.75) is 6.54 Å². The highest BCUT2D eigenvalue weighted by Crippen LogP contribution is 2.28. The minimum absolute atomic E-state index is 0.0609. The van der Waals surface area contributed by atoms with Crippen LogP contribution in [0.5, 0.6) is 0 Å². The Bertz CT molecular complexity index is 988. The second-order valence-corrected chi connectivity index (χ2v) is 5.82. The molecular weight excluding hydrogens is 330 g/mol. The molecule has 0 aliphatic carbocycles. The summed E-state index contributed by atoms with van der Waals surface area (Å²) in [6.45, 7) is 0.392. The molecule has 10 heteroatoms. The molecule has 0 saturated carbocycles. The molecule has 0 atom stereocenters. The third kappa shape index (κ3) is 2.48. The maximum atomic E-state index is 11.3. The van der Waals surface area contributed by atoms with Crippen LogP contribution < -0.4 is 5.32 Å². The molecule has 4 rings (SSSR count). The van der Waals surface area contributed by atoms with Gasteiger partial charge in [-0.1, -0.05) is 17.4 Å². The van der Waals surface area contributed by atoms with Crippen LogP contribution in [0.15, 0.2) is 48.6 Å². The molecule has 9 nitrogen and oxygen atoms in total. The summed E-state index contributed by atoms with van der Waals surface area (Å²) in [5.74, 6) is 0.949. The zero-order valence-corrected chi connectivity index (χ0v) is 13.1. The van der Waals surface area contributed by atoms with E-state index < -0.39 is 4.92 Å². The van der Waals surface area contributed by atoms with Crippen LogP contribution in [0.25, 0.3) is 10.8 Å². The van der Waals surface area contributed by atoms with E-state index in [4.69, 9.17) is 0 Å². The van der Waals surface area contributed by atoms with Gasteiger partial charge in [0.1, 0.15) is 18.3 Å². The molecular formula is C14H11N7O2S. The van der Waals surface area contributed by atoms with E-state index >= 15 is 0 Å². The molecule has 0 amide bonds. The van der Waals surface area contributed by atoms with E-state index in [9.17, 15) is 10.1 Å². The quantitative estimate of drug-likeness (QED) is 0.442. The number of anilines is 1. The van der Waals surface area contributed by atoms with Gasteiger partial charge < -0.3 is 15.4 Å². The van der Waals surface area contributed by atoms with Crippen LogP contribution in [-0.2, 0) is 6.54 Å². The van der Waals surface area contributed by atoms with Gasteiger partial charge in [-0.25, -0.2) is 9.97 Å². The molecule has 0 aromatic carbocycles. The van der Waals surface area contributed by atoms with E-state index in [-0.39, 0.29) is 11.6 Å². The number of hydrogen-bond acceptors (Lipinski definition) is 7. The van der Waals surface area contributed by atoms with Crippen LogP contribution in [-0.4, -0.2) is 28.8 Å². The number of aromatic nitrogens is 5. The molecule has 0 aliphatic heterocycles. The summed E-state index contributed by atoms with van der Waals surface area (Å²) in [7, 11) is 0. The first kappa shape index (κ1) is 14.3. The summed E-state index contributed by atoms with van der Waals surface area (Å²) >= 11 is 1.35. The smallest absolute Gasteiger partial charge is 0.359 e. The highest BCUT2D eigenvalue weighted by molar-refractivity contribution is 7.15. The molecule has 0 aliphatic rings. The lowest BCUT2D eigenvalue weighted by molar-refractivity contribution is -0.389. The third-order valence-electron chi connectivity index (χ3n) is 3.45. The highest BCUT2D eigenvalue weighted by atomic mass is 32.1. The number of nitrogens with one attached hydrogen (secondary N) is 1. The summed E-state index contributed by atoms with van der Waals surface area (Å²) in [4.78, 5) is 24.0. The van der Waals surface area contributed by atoms with Crippen LogP contribution in [0.2, 0.25) is 0 Å². The monoisotopic (exact) mass is 341 g/mol. The van der Waals surface area contributed by atoms with Gasteiger partial charge in [-0.05, 0) is 16.6 Å². The van der Waals surface area contributed by atoms with Gasteiger partial charge in [0, 0.05) is 30.5 Å². The lowest BCUT2D eigenvalue weighted by atomic mass is 10.3. The average molecular weight is 341 g/mol. The number of thiazole rings is 1. The average Bonchev–Trinajstić information content (AvgIpc) is 3.29. The van der Waals surface area contributed by atoms with E-state index in [0.717, 1.165) is 11.4 Å². The molecule has 0 fully saturated rings. The fourth-order valence-electron chi connectivity index (χ4n) is 2.32. The second-order valence-electron chi connectivity index (χ2n) is 4.94. The van der Waals surface area contributed by atoms with Crippen LogP contribution >= 0.6 is 11.3 Å². The first-order valence-corrected chi connectivity index (χ1v) is 7.87. The summed E-state index contributed by atoms with van der Waals surface area (Å²) in [5.41, 5.74) is 0.893. The van der Waals surface area contributed by atoms with Crippen molar-refractivity contribution in [2.75, 3.05) is 5.32 Å². The fraction of sp³-hybridized carbons (Fsp3) is 0.0714. The van der Waals surface area contributed by atoms with Crippen molar-refractivity contribution in [1.82, 2.24) is 23.9 Å². The Morgan fingerprint density at radius 3 is 2.96 bits per heavy atom. The first-order chi connectivity index (χ1) is 11.7.